The molecule has 3 nitrogen and oxygen atoms in total. The van der Waals surface area contributed by atoms with Gasteiger partial charge in [-0.15, -0.1) is 0 Å². The summed E-state index contributed by atoms with van der Waals surface area (Å²) in [6.45, 7) is 3.80. The Bertz CT molecular complexity index is 324. The Labute approximate surface area is 90.2 Å². The highest BCUT2D eigenvalue weighted by Gasteiger charge is 2.35. The first-order chi connectivity index (χ1) is 7.11. The third-order valence-corrected chi connectivity index (χ3v) is 2.73. The predicted octanol–water partition coefficient (Wildman–Crippen LogP) is 2.61. The van der Waals surface area contributed by atoms with Crippen LogP contribution < -0.4 is 0 Å². The molecule has 3 heteroatoms. The van der Waals surface area contributed by atoms with Crippen LogP contribution in [0.2, 0.25) is 0 Å². The van der Waals surface area contributed by atoms with Crippen LogP contribution in [0.25, 0.3) is 0 Å². The van der Waals surface area contributed by atoms with E-state index in [1.54, 1.807) is 25.3 Å². The van der Waals surface area contributed by atoms with Crippen molar-refractivity contribution in [2.24, 2.45) is 0 Å². The Balaban J connectivity index is 2.96. The molecule has 1 N–H and O–H groups in total. The first kappa shape index (κ1) is 11.7. The van der Waals surface area contributed by atoms with E-state index in [-0.39, 0.29) is 0 Å². The Morgan fingerprint density at radius 3 is 2.73 bits per heavy atom. The minimum Gasteiger partial charge on any atom is -0.481 e. The summed E-state index contributed by atoms with van der Waals surface area (Å²) in [6.07, 6.45) is 4.17. The lowest BCUT2D eigenvalue weighted by atomic mass is 9.81. The van der Waals surface area contributed by atoms with Crippen LogP contribution >= 0.6 is 0 Å². The molecule has 15 heavy (non-hydrogen) atoms. The highest BCUT2D eigenvalue weighted by molar-refractivity contribution is 5.80. The van der Waals surface area contributed by atoms with Crippen molar-refractivity contribution in [2.75, 3.05) is 0 Å². The lowest BCUT2D eigenvalue weighted by molar-refractivity contribution is -0.143. The molecule has 0 saturated heterocycles. The molecule has 1 aromatic rings. The second kappa shape index (κ2) is 4.91. The molecule has 0 aliphatic heterocycles. The van der Waals surface area contributed by atoms with Gasteiger partial charge in [0.2, 0.25) is 0 Å². The van der Waals surface area contributed by atoms with Crippen LogP contribution in [0.15, 0.2) is 24.4 Å². The molecular formula is C12H17NO2. The van der Waals surface area contributed by atoms with E-state index in [4.69, 9.17) is 0 Å². The van der Waals surface area contributed by atoms with E-state index in [9.17, 15) is 9.90 Å². The van der Waals surface area contributed by atoms with Gasteiger partial charge in [-0.1, -0.05) is 25.8 Å². The molecule has 0 aliphatic carbocycles. The molecule has 0 bridgehead atoms. The number of carboxylic acid groups (broad SMARTS) is 1. The number of hydrogen-bond acceptors (Lipinski definition) is 2. The van der Waals surface area contributed by atoms with Crippen molar-refractivity contribution in [1.29, 1.82) is 0 Å². The smallest absolute Gasteiger partial charge is 0.315 e. The zero-order valence-corrected chi connectivity index (χ0v) is 9.23. The number of rotatable bonds is 5. The van der Waals surface area contributed by atoms with Gasteiger partial charge in [0, 0.05) is 6.20 Å². The maximum absolute atomic E-state index is 11.3. The number of aromatic nitrogens is 1. The van der Waals surface area contributed by atoms with Crippen molar-refractivity contribution in [3.05, 3.63) is 30.1 Å². The number of aliphatic carboxylic acids is 1. The third-order valence-electron chi connectivity index (χ3n) is 2.73. The minimum absolute atomic E-state index is 0.635. The van der Waals surface area contributed by atoms with Crippen molar-refractivity contribution in [3.8, 4) is 0 Å². The van der Waals surface area contributed by atoms with E-state index in [1.165, 1.54) is 0 Å². The summed E-state index contributed by atoms with van der Waals surface area (Å²) in [7, 11) is 0. The summed E-state index contributed by atoms with van der Waals surface area (Å²) < 4.78 is 0. The van der Waals surface area contributed by atoms with Crippen LogP contribution in [0, 0.1) is 0 Å². The normalized spacial score (nSPS) is 14.5. The van der Waals surface area contributed by atoms with Gasteiger partial charge in [0.15, 0.2) is 0 Å². The number of hydrogen-bond donors (Lipinski definition) is 1. The Morgan fingerprint density at radius 1 is 1.53 bits per heavy atom. The fourth-order valence-electron chi connectivity index (χ4n) is 1.56. The van der Waals surface area contributed by atoms with Crippen LogP contribution in [-0.2, 0) is 10.2 Å². The van der Waals surface area contributed by atoms with Crippen LogP contribution in [0.4, 0.5) is 0 Å². The van der Waals surface area contributed by atoms with E-state index in [0.717, 1.165) is 12.8 Å². The fraction of sp³-hybridized carbons (Fsp3) is 0.500. The molecular weight excluding hydrogens is 190 g/mol. The second-order valence-corrected chi connectivity index (χ2v) is 3.96. The molecule has 0 radical (unpaired) electrons. The van der Waals surface area contributed by atoms with Crippen LogP contribution in [-0.4, -0.2) is 16.1 Å². The van der Waals surface area contributed by atoms with Crippen LogP contribution in [0.5, 0.6) is 0 Å². The van der Waals surface area contributed by atoms with Gasteiger partial charge >= 0.3 is 5.97 Å². The SMILES string of the molecule is CCCCC(C)(C(=O)O)c1ccccn1. The van der Waals surface area contributed by atoms with Gasteiger partial charge in [-0.25, -0.2) is 0 Å². The van der Waals surface area contributed by atoms with E-state index in [2.05, 4.69) is 11.9 Å². The maximum atomic E-state index is 11.3. The fourth-order valence-corrected chi connectivity index (χ4v) is 1.56. The van der Waals surface area contributed by atoms with Crippen LogP contribution in [0.1, 0.15) is 38.8 Å². The molecule has 82 valence electrons. The van der Waals surface area contributed by atoms with Gasteiger partial charge in [-0.3, -0.25) is 9.78 Å². The highest BCUT2D eigenvalue weighted by atomic mass is 16.4. The minimum atomic E-state index is -0.850. The van der Waals surface area contributed by atoms with Gasteiger partial charge < -0.3 is 5.11 Å². The van der Waals surface area contributed by atoms with Gasteiger partial charge in [0.05, 0.1) is 5.69 Å². The molecule has 1 rings (SSSR count). The molecule has 1 aromatic heterocycles. The average molecular weight is 207 g/mol. The topological polar surface area (TPSA) is 50.2 Å². The molecule has 0 fully saturated rings. The second-order valence-electron chi connectivity index (χ2n) is 3.96. The molecule has 0 amide bonds. The largest absolute Gasteiger partial charge is 0.481 e. The summed E-state index contributed by atoms with van der Waals surface area (Å²) >= 11 is 0. The number of nitrogens with zero attached hydrogens (tertiary/aromatic N) is 1. The summed E-state index contributed by atoms with van der Waals surface area (Å²) in [4.78, 5) is 15.4. The van der Waals surface area contributed by atoms with Gasteiger partial charge in [0.1, 0.15) is 5.41 Å². The molecule has 0 saturated carbocycles. The average Bonchev–Trinajstić information content (AvgIpc) is 2.27. The molecule has 0 aliphatic rings. The number of carboxylic acids is 1. The first-order valence-corrected chi connectivity index (χ1v) is 5.26. The summed E-state index contributed by atoms with van der Waals surface area (Å²) in [5.74, 6) is -0.797. The van der Waals surface area contributed by atoms with Gasteiger partial charge in [-0.2, -0.15) is 0 Å². The Kier molecular flexibility index (Phi) is 3.83. The van der Waals surface area contributed by atoms with E-state index in [1.807, 2.05) is 6.07 Å². The highest BCUT2D eigenvalue weighted by Crippen LogP contribution is 2.28. The zero-order valence-electron chi connectivity index (χ0n) is 9.23. The molecule has 1 atom stereocenters. The van der Waals surface area contributed by atoms with Crippen molar-refractivity contribution in [1.82, 2.24) is 4.98 Å². The molecule has 0 aromatic carbocycles. The van der Waals surface area contributed by atoms with Crippen LogP contribution in [0.3, 0.4) is 0 Å². The lowest BCUT2D eigenvalue weighted by Gasteiger charge is -2.23. The quantitative estimate of drug-likeness (QED) is 0.807. The zero-order chi connectivity index (χ0) is 11.3. The number of pyridine rings is 1. The summed E-state index contributed by atoms with van der Waals surface area (Å²) in [5, 5.41) is 9.27. The van der Waals surface area contributed by atoms with Crippen molar-refractivity contribution >= 4 is 5.97 Å². The summed E-state index contributed by atoms with van der Waals surface area (Å²) in [6, 6.07) is 5.41. The van der Waals surface area contributed by atoms with Gasteiger partial charge in [0.25, 0.3) is 0 Å². The van der Waals surface area contributed by atoms with Crippen molar-refractivity contribution in [2.45, 2.75) is 38.5 Å². The third kappa shape index (κ3) is 2.55. The molecule has 1 unspecified atom stereocenters. The lowest BCUT2D eigenvalue weighted by Crippen LogP contribution is -2.33. The van der Waals surface area contributed by atoms with E-state index >= 15 is 0 Å². The first-order valence-electron chi connectivity index (χ1n) is 5.26. The standard InChI is InChI=1S/C12H17NO2/c1-3-4-8-12(2,11(14)15)10-7-5-6-9-13-10/h5-7,9H,3-4,8H2,1-2H3,(H,14,15). The maximum Gasteiger partial charge on any atom is 0.315 e. The van der Waals surface area contributed by atoms with E-state index < -0.39 is 11.4 Å². The number of unbranched alkanes of at least 4 members (excludes halogenated alkanes) is 1. The van der Waals surface area contributed by atoms with Gasteiger partial charge in [-0.05, 0) is 25.5 Å². The van der Waals surface area contributed by atoms with Crippen molar-refractivity contribution < 1.29 is 9.90 Å². The predicted molar refractivity (Wildman–Crippen MR) is 58.7 cm³/mol. The summed E-state index contributed by atoms with van der Waals surface area (Å²) in [5.41, 5.74) is -0.206. The Morgan fingerprint density at radius 2 is 2.27 bits per heavy atom. The number of carbonyl (C=O) groups is 1. The monoisotopic (exact) mass is 207 g/mol. The molecule has 1 heterocycles. The molecule has 0 spiro atoms. The Hall–Kier alpha value is -1.38. The van der Waals surface area contributed by atoms with Crippen molar-refractivity contribution in [3.63, 3.8) is 0 Å². The van der Waals surface area contributed by atoms with E-state index in [0.29, 0.717) is 12.1 Å².